The van der Waals surface area contributed by atoms with E-state index in [-0.39, 0.29) is 11.1 Å². The topological polar surface area (TPSA) is 71.5 Å². The van der Waals surface area contributed by atoms with Crippen LogP contribution >= 0.6 is 0 Å². The molecule has 3 aromatic rings. The molecule has 3 rings (SSSR count). The van der Waals surface area contributed by atoms with Gasteiger partial charge in [-0.1, -0.05) is 23.8 Å². The Morgan fingerprint density at radius 2 is 2.11 bits per heavy atom. The van der Waals surface area contributed by atoms with Crippen LogP contribution in [0, 0.1) is 6.92 Å². The Morgan fingerprint density at radius 3 is 2.94 bits per heavy atom. The summed E-state index contributed by atoms with van der Waals surface area (Å²) in [7, 11) is 0. The molecule has 2 heterocycles. The first kappa shape index (κ1) is 10.6. The third kappa shape index (κ3) is 1.75. The molecule has 18 heavy (non-hydrogen) atoms. The molecule has 5 nitrogen and oxygen atoms in total. The van der Waals surface area contributed by atoms with Crippen LogP contribution in [-0.2, 0) is 0 Å². The van der Waals surface area contributed by atoms with Crippen LogP contribution in [0.4, 0.5) is 0 Å². The summed E-state index contributed by atoms with van der Waals surface area (Å²) in [6.07, 6.45) is 2.95. The number of hydrogen-bond donors (Lipinski definition) is 1. The standard InChI is InChI=1S/C13H10N4O/c1-8-3-2-4-9(5-8)10-6-14-12-11(17-10)13(18)16-7-15-12/h2-7H,1H3,(H,14,15,16,18). The molecule has 0 aliphatic heterocycles. The van der Waals surface area contributed by atoms with Gasteiger partial charge < -0.3 is 4.98 Å². The Kier molecular flexibility index (Phi) is 2.37. The van der Waals surface area contributed by atoms with Crippen molar-refractivity contribution in [1.29, 1.82) is 0 Å². The van der Waals surface area contributed by atoms with Crippen LogP contribution in [0.1, 0.15) is 5.56 Å². The quantitative estimate of drug-likeness (QED) is 0.700. The highest BCUT2D eigenvalue weighted by Crippen LogP contribution is 2.18. The van der Waals surface area contributed by atoms with Gasteiger partial charge in [-0.3, -0.25) is 4.79 Å². The van der Waals surface area contributed by atoms with Gasteiger partial charge in [-0.2, -0.15) is 0 Å². The van der Waals surface area contributed by atoms with Gasteiger partial charge >= 0.3 is 0 Å². The Morgan fingerprint density at radius 1 is 1.22 bits per heavy atom. The van der Waals surface area contributed by atoms with Crippen molar-refractivity contribution in [1.82, 2.24) is 19.9 Å². The second-order valence-corrected chi connectivity index (χ2v) is 4.03. The third-order valence-corrected chi connectivity index (χ3v) is 2.66. The van der Waals surface area contributed by atoms with Gasteiger partial charge in [0.1, 0.15) is 0 Å². The van der Waals surface area contributed by atoms with Crippen molar-refractivity contribution in [3.05, 3.63) is 52.7 Å². The SMILES string of the molecule is Cc1cccc(-c2cnc3nc[nH]c(=O)c3n2)c1. The predicted octanol–water partition coefficient (Wildman–Crippen LogP) is 1.69. The fourth-order valence-corrected chi connectivity index (χ4v) is 1.79. The van der Waals surface area contributed by atoms with E-state index in [4.69, 9.17) is 0 Å². The van der Waals surface area contributed by atoms with Crippen molar-refractivity contribution in [2.45, 2.75) is 6.92 Å². The zero-order chi connectivity index (χ0) is 12.5. The Balaban J connectivity index is 2.25. The molecule has 1 aromatic carbocycles. The van der Waals surface area contributed by atoms with Crippen LogP contribution in [0.2, 0.25) is 0 Å². The lowest BCUT2D eigenvalue weighted by Gasteiger charge is -2.02. The molecule has 0 radical (unpaired) electrons. The molecular weight excluding hydrogens is 228 g/mol. The molecule has 0 fully saturated rings. The molecule has 2 aromatic heterocycles. The highest BCUT2D eigenvalue weighted by Gasteiger charge is 2.06. The van der Waals surface area contributed by atoms with Gasteiger partial charge in [0.15, 0.2) is 11.2 Å². The number of aromatic nitrogens is 4. The molecule has 0 bridgehead atoms. The molecule has 5 heteroatoms. The van der Waals surface area contributed by atoms with E-state index < -0.39 is 0 Å². The number of aryl methyl sites for hydroxylation is 1. The molecule has 88 valence electrons. The lowest BCUT2D eigenvalue weighted by Crippen LogP contribution is -2.09. The van der Waals surface area contributed by atoms with E-state index in [1.54, 1.807) is 6.20 Å². The summed E-state index contributed by atoms with van der Waals surface area (Å²) in [6, 6.07) is 7.89. The van der Waals surface area contributed by atoms with E-state index in [0.717, 1.165) is 11.1 Å². The van der Waals surface area contributed by atoms with Crippen LogP contribution < -0.4 is 5.56 Å². The van der Waals surface area contributed by atoms with Crippen molar-refractivity contribution in [3.8, 4) is 11.3 Å². The van der Waals surface area contributed by atoms with Crippen molar-refractivity contribution >= 4 is 11.2 Å². The number of nitrogens with one attached hydrogen (secondary N) is 1. The van der Waals surface area contributed by atoms with Gasteiger partial charge in [-0.15, -0.1) is 0 Å². The van der Waals surface area contributed by atoms with Gasteiger partial charge in [0.25, 0.3) is 5.56 Å². The van der Waals surface area contributed by atoms with Crippen LogP contribution in [0.15, 0.2) is 41.6 Å². The molecular formula is C13H10N4O. The minimum atomic E-state index is -0.276. The number of hydrogen-bond acceptors (Lipinski definition) is 4. The first-order valence-electron chi connectivity index (χ1n) is 5.51. The number of aromatic amines is 1. The van der Waals surface area contributed by atoms with E-state index >= 15 is 0 Å². The summed E-state index contributed by atoms with van der Waals surface area (Å²) in [4.78, 5) is 26.6. The fourth-order valence-electron chi connectivity index (χ4n) is 1.79. The molecule has 0 saturated heterocycles. The lowest BCUT2D eigenvalue weighted by atomic mass is 10.1. The molecule has 0 unspecified atom stereocenters. The van der Waals surface area contributed by atoms with E-state index in [1.807, 2.05) is 31.2 Å². The molecule has 0 atom stereocenters. The molecule has 1 N–H and O–H groups in total. The van der Waals surface area contributed by atoms with E-state index in [0.29, 0.717) is 11.3 Å². The maximum absolute atomic E-state index is 11.6. The van der Waals surface area contributed by atoms with Crippen molar-refractivity contribution in [2.24, 2.45) is 0 Å². The highest BCUT2D eigenvalue weighted by atomic mass is 16.1. The maximum Gasteiger partial charge on any atom is 0.278 e. The summed E-state index contributed by atoms with van der Waals surface area (Å²) in [5, 5.41) is 0. The zero-order valence-corrected chi connectivity index (χ0v) is 9.71. The minimum absolute atomic E-state index is 0.261. The summed E-state index contributed by atoms with van der Waals surface area (Å²) in [5.74, 6) is 0. The second kappa shape index (κ2) is 4.03. The number of H-pyrrole nitrogens is 1. The summed E-state index contributed by atoms with van der Waals surface area (Å²) in [5.41, 5.74) is 3.08. The van der Waals surface area contributed by atoms with Gasteiger partial charge in [0.2, 0.25) is 0 Å². The van der Waals surface area contributed by atoms with Crippen LogP contribution in [0.3, 0.4) is 0 Å². The zero-order valence-electron chi connectivity index (χ0n) is 9.71. The first-order chi connectivity index (χ1) is 8.74. The van der Waals surface area contributed by atoms with Crippen molar-refractivity contribution < 1.29 is 0 Å². The average Bonchev–Trinajstić information content (AvgIpc) is 2.39. The van der Waals surface area contributed by atoms with E-state index in [2.05, 4.69) is 19.9 Å². The van der Waals surface area contributed by atoms with Gasteiger partial charge in [0, 0.05) is 5.56 Å². The summed E-state index contributed by atoms with van der Waals surface area (Å²) < 4.78 is 0. The van der Waals surface area contributed by atoms with Crippen LogP contribution in [0.25, 0.3) is 22.4 Å². The maximum atomic E-state index is 11.6. The highest BCUT2D eigenvalue weighted by molar-refractivity contribution is 5.72. The Hall–Kier alpha value is -2.56. The monoisotopic (exact) mass is 238 g/mol. The largest absolute Gasteiger partial charge is 0.311 e. The van der Waals surface area contributed by atoms with E-state index in [9.17, 15) is 4.79 Å². The average molecular weight is 238 g/mol. The molecule has 0 amide bonds. The number of benzene rings is 1. The summed E-state index contributed by atoms with van der Waals surface area (Å²) >= 11 is 0. The van der Waals surface area contributed by atoms with Crippen molar-refractivity contribution in [2.75, 3.05) is 0 Å². The molecule has 0 spiro atoms. The number of nitrogens with zero attached hydrogens (tertiary/aromatic N) is 3. The van der Waals surface area contributed by atoms with Crippen LogP contribution in [-0.4, -0.2) is 19.9 Å². The van der Waals surface area contributed by atoms with Gasteiger partial charge in [-0.25, -0.2) is 15.0 Å². The smallest absolute Gasteiger partial charge is 0.278 e. The normalized spacial score (nSPS) is 10.7. The molecule has 0 aliphatic carbocycles. The fraction of sp³-hybridized carbons (Fsp3) is 0.0769. The third-order valence-electron chi connectivity index (χ3n) is 2.66. The van der Waals surface area contributed by atoms with Gasteiger partial charge in [-0.05, 0) is 13.0 Å². The first-order valence-corrected chi connectivity index (χ1v) is 5.51. The number of rotatable bonds is 1. The predicted molar refractivity (Wildman–Crippen MR) is 68.1 cm³/mol. The lowest BCUT2D eigenvalue weighted by molar-refractivity contribution is 1.11. The Labute approximate surface area is 103 Å². The number of fused-ring (bicyclic) bond motifs is 1. The van der Waals surface area contributed by atoms with Crippen LogP contribution in [0.5, 0.6) is 0 Å². The van der Waals surface area contributed by atoms with E-state index in [1.165, 1.54) is 6.33 Å². The molecule has 0 saturated carbocycles. The minimum Gasteiger partial charge on any atom is -0.311 e. The van der Waals surface area contributed by atoms with Crippen molar-refractivity contribution in [3.63, 3.8) is 0 Å². The summed E-state index contributed by atoms with van der Waals surface area (Å²) in [6.45, 7) is 2.01. The Bertz CT molecular complexity index is 779. The van der Waals surface area contributed by atoms with Gasteiger partial charge in [0.05, 0.1) is 18.2 Å². The molecule has 0 aliphatic rings. The second-order valence-electron chi connectivity index (χ2n) is 4.03.